The Morgan fingerprint density at radius 1 is 1.30 bits per heavy atom. The lowest BCUT2D eigenvalue weighted by Gasteiger charge is -2.12. The van der Waals surface area contributed by atoms with Gasteiger partial charge in [-0.15, -0.1) is 0 Å². The third-order valence-electron chi connectivity index (χ3n) is 2.83. The minimum Gasteiger partial charge on any atom is -0.494 e. The van der Waals surface area contributed by atoms with Gasteiger partial charge in [-0.05, 0) is 64.7 Å². The van der Waals surface area contributed by atoms with Crippen LogP contribution in [0.2, 0.25) is 0 Å². The monoisotopic (exact) mass is 300 g/mol. The number of nitrogens with one attached hydrogen (secondary N) is 1. The second-order valence-corrected chi connectivity index (χ2v) is 6.68. The van der Waals surface area contributed by atoms with Gasteiger partial charge in [0.15, 0.2) is 0 Å². The molecule has 1 aromatic carbocycles. The smallest absolute Gasteiger partial charge is 0.240 e. The lowest BCUT2D eigenvalue weighted by molar-refractivity contribution is 0.337. The molecule has 0 saturated heterocycles. The van der Waals surface area contributed by atoms with Crippen molar-refractivity contribution in [3.05, 3.63) is 23.8 Å². The van der Waals surface area contributed by atoms with Crippen molar-refractivity contribution < 1.29 is 13.2 Å². The number of aryl methyl sites for hydroxylation is 1. The average molecular weight is 300 g/mol. The molecule has 0 atom stereocenters. The molecule has 0 unspecified atom stereocenters. The maximum atomic E-state index is 12.1. The number of hydrogen-bond acceptors (Lipinski definition) is 4. The lowest BCUT2D eigenvalue weighted by atomic mass is 10.2. The molecule has 5 nitrogen and oxygen atoms in total. The number of ether oxygens (including phenoxy) is 1. The van der Waals surface area contributed by atoms with E-state index in [1.54, 1.807) is 18.2 Å². The minimum atomic E-state index is -3.44. The highest BCUT2D eigenvalue weighted by Crippen LogP contribution is 2.21. The summed E-state index contributed by atoms with van der Waals surface area (Å²) in [4.78, 5) is 2.30. The summed E-state index contributed by atoms with van der Waals surface area (Å²) in [6, 6.07) is 4.92. The first-order chi connectivity index (χ1) is 9.36. The third kappa shape index (κ3) is 5.11. The SMILES string of the molecule is CCOc1ccc(S(=O)(=O)NCCCN(C)C)cc1C. The van der Waals surface area contributed by atoms with Crippen molar-refractivity contribution in [3.8, 4) is 5.75 Å². The van der Waals surface area contributed by atoms with Gasteiger partial charge in [0.05, 0.1) is 11.5 Å². The molecule has 0 fully saturated rings. The lowest BCUT2D eigenvalue weighted by Crippen LogP contribution is -2.27. The summed E-state index contributed by atoms with van der Waals surface area (Å²) in [6.45, 7) is 5.60. The summed E-state index contributed by atoms with van der Waals surface area (Å²) in [5.74, 6) is 0.721. The molecule has 114 valence electrons. The molecule has 6 heteroatoms. The van der Waals surface area contributed by atoms with Crippen molar-refractivity contribution in [2.24, 2.45) is 0 Å². The first kappa shape index (κ1) is 16.9. The molecule has 0 amide bonds. The van der Waals surface area contributed by atoms with Gasteiger partial charge in [0.25, 0.3) is 0 Å². The van der Waals surface area contributed by atoms with Gasteiger partial charge in [-0.25, -0.2) is 13.1 Å². The van der Waals surface area contributed by atoms with E-state index in [0.717, 1.165) is 24.3 Å². The maximum absolute atomic E-state index is 12.1. The van der Waals surface area contributed by atoms with Crippen LogP contribution in [0, 0.1) is 6.92 Å². The molecule has 0 aliphatic heterocycles. The molecule has 0 saturated carbocycles. The number of hydrogen-bond donors (Lipinski definition) is 1. The van der Waals surface area contributed by atoms with Crippen molar-refractivity contribution >= 4 is 10.0 Å². The first-order valence-electron chi connectivity index (χ1n) is 6.74. The zero-order valence-corrected chi connectivity index (χ0v) is 13.5. The Hall–Kier alpha value is -1.11. The molecule has 0 aliphatic rings. The number of sulfonamides is 1. The van der Waals surface area contributed by atoms with Gasteiger partial charge >= 0.3 is 0 Å². The molecule has 0 aliphatic carbocycles. The van der Waals surface area contributed by atoms with Crippen LogP contribution in [0.15, 0.2) is 23.1 Å². The molecule has 0 heterocycles. The first-order valence-corrected chi connectivity index (χ1v) is 8.23. The van der Waals surface area contributed by atoms with E-state index in [1.165, 1.54) is 0 Å². The van der Waals surface area contributed by atoms with E-state index in [-0.39, 0.29) is 4.90 Å². The predicted molar refractivity (Wildman–Crippen MR) is 80.7 cm³/mol. The normalized spacial score (nSPS) is 11.8. The second-order valence-electron chi connectivity index (χ2n) is 4.91. The average Bonchev–Trinajstić information content (AvgIpc) is 2.37. The molecular formula is C14H24N2O3S. The Kier molecular flexibility index (Phi) is 6.45. The fraction of sp³-hybridized carbons (Fsp3) is 0.571. The summed E-state index contributed by atoms with van der Waals surface area (Å²) in [5.41, 5.74) is 0.822. The van der Waals surface area contributed by atoms with E-state index in [1.807, 2.05) is 32.8 Å². The van der Waals surface area contributed by atoms with Crippen LogP contribution in [-0.4, -0.2) is 47.1 Å². The van der Waals surface area contributed by atoms with Crippen LogP contribution in [0.5, 0.6) is 5.75 Å². The third-order valence-corrected chi connectivity index (χ3v) is 4.29. The van der Waals surface area contributed by atoms with Gasteiger partial charge in [-0.3, -0.25) is 0 Å². The summed E-state index contributed by atoms with van der Waals surface area (Å²) >= 11 is 0. The Morgan fingerprint density at radius 2 is 2.00 bits per heavy atom. The Bertz CT molecular complexity index is 527. The van der Waals surface area contributed by atoms with E-state index < -0.39 is 10.0 Å². The largest absolute Gasteiger partial charge is 0.494 e. The van der Waals surface area contributed by atoms with Gasteiger partial charge in [-0.2, -0.15) is 0 Å². The van der Waals surface area contributed by atoms with Crippen LogP contribution >= 0.6 is 0 Å². The highest BCUT2D eigenvalue weighted by molar-refractivity contribution is 7.89. The van der Waals surface area contributed by atoms with E-state index in [0.29, 0.717) is 13.2 Å². The zero-order valence-electron chi connectivity index (χ0n) is 12.6. The van der Waals surface area contributed by atoms with Gasteiger partial charge < -0.3 is 9.64 Å². The molecule has 0 spiro atoms. The fourth-order valence-electron chi connectivity index (χ4n) is 1.79. The number of rotatable bonds is 8. The van der Waals surface area contributed by atoms with Crippen molar-refractivity contribution in [3.63, 3.8) is 0 Å². The summed E-state index contributed by atoms with van der Waals surface area (Å²) < 4.78 is 32.3. The molecular weight excluding hydrogens is 276 g/mol. The molecule has 1 aromatic rings. The molecule has 20 heavy (non-hydrogen) atoms. The van der Waals surface area contributed by atoms with Gasteiger partial charge in [0.2, 0.25) is 10.0 Å². The van der Waals surface area contributed by atoms with Crippen molar-refractivity contribution in [1.82, 2.24) is 9.62 Å². The highest BCUT2D eigenvalue weighted by atomic mass is 32.2. The van der Waals surface area contributed by atoms with E-state index >= 15 is 0 Å². The minimum absolute atomic E-state index is 0.281. The maximum Gasteiger partial charge on any atom is 0.240 e. The number of benzene rings is 1. The van der Waals surface area contributed by atoms with Crippen LogP contribution < -0.4 is 9.46 Å². The van der Waals surface area contributed by atoms with E-state index in [2.05, 4.69) is 4.72 Å². The number of nitrogens with zero attached hydrogens (tertiary/aromatic N) is 1. The van der Waals surface area contributed by atoms with E-state index in [4.69, 9.17) is 4.74 Å². The predicted octanol–water partition coefficient (Wildman–Crippen LogP) is 1.62. The van der Waals surface area contributed by atoms with Crippen molar-refractivity contribution in [1.29, 1.82) is 0 Å². The van der Waals surface area contributed by atoms with E-state index in [9.17, 15) is 8.42 Å². The van der Waals surface area contributed by atoms with Gasteiger partial charge in [0.1, 0.15) is 5.75 Å². The van der Waals surface area contributed by atoms with Crippen LogP contribution in [0.4, 0.5) is 0 Å². The van der Waals surface area contributed by atoms with Gasteiger partial charge in [-0.1, -0.05) is 0 Å². The molecule has 0 bridgehead atoms. The summed E-state index contributed by atoms with van der Waals surface area (Å²) in [5, 5.41) is 0. The Morgan fingerprint density at radius 3 is 2.55 bits per heavy atom. The van der Waals surface area contributed by atoms with Crippen LogP contribution in [-0.2, 0) is 10.0 Å². The van der Waals surface area contributed by atoms with Crippen molar-refractivity contribution in [2.45, 2.75) is 25.2 Å². The second kappa shape index (κ2) is 7.61. The molecule has 1 N–H and O–H groups in total. The topological polar surface area (TPSA) is 58.6 Å². The molecule has 1 rings (SSSR count). The Balaban J connectivity index is 2.70. The standard InChI is InChI=1S/C14H24N2O3S/c1-5-19-14-8-7-13(11-12(14)2)20(17,18)15-9-6-10-16(3)4/h7-8,11,15H,5-6,9-10H2,1-4H3. The van der Waals surface area contributed by atoms with Crippen LogP contribution in [0.1, 0.15) is 18.9 Å². The molecule has 0 aromatic heterocycles. The fourth-order valence-corrected chi connectivity index (χ4v) is 2.95. The summed E-state index contributed by atoms with van der Waals surface area (Å²) in [6.07, 6.45) is 0.780. The van der Waals surface area contributed by atoms with Crippen LogP contribution in [0.25, 0.3) is 0 Å². The Labute approximate surface area is 122 Å². The van der Waals surface area contributed by atoms with Crippen molar-refractivity contribution in [2.75, 3.05) is 33.8 Å². The quantitative estimate of drug-likeness (QED) is 0.741. The zero-order chi connectivity index (χ0) is 15.2. The summed E-state index contributed by atoms with van der Waals surface area (Å²) in [7, 11) is 0.489. The van der Waals surface area contributed by atoms with Crippen LogP contribution in [0.3, 0.4) is 0 Å². The molecule has 0 radical (unpaired) electrons. The highest BCUT2D eigenvalue weighted by Gasteiger charge is 2.14. The van der Waals surface area contributed by atoms with Gasteiger partial charge in [0, 0.05) is 6.54 Å².